The van der Waals surface area contributed by atoms with Crippen LogP contribution in [0.5, 0.6) is 0 Å². The maximum absolute atomic E-state index is 12.9. The first-order valence-electron chi connectivity index (χ1n) is 12.8. The second kappa shape index (κ2) is 8.88. The molecule has 8 heteroatoms. The van der Waals surface area contributed by atoms with Gasteiger partial charge in [0.1, 0.15) is 11.5 Å². The lowest BCUT2D eigenvalue weighted by Crippen LogP contribution is -2.44. The van der Waals surface area contributed by atoms with Crippen LogP contribution in [-0.4, -0.2) is 44.2 Å². The van der Waals surface area contributed by atoms with E-state index in [1.165, 1.54) is 0 Å². The number of benzene rings is 1. The number of aryl methyl sites for hydroxylation is 1. The van der Waals surface area contributed by atoms with Gasteiger partial charge in [0.05, 0.1) is 11.2 Å². The number of hydrogen-bond donors (Lipinski definition) is 3. The Balaban J connectivity index is 1.28. The van der Waals surface area contributed by atoms with Gasteiger partial charge in [0, 0.05) is 73.5 Å². The second-order valence-electron chi connectivity index (χ2n) is 10.7. The molecule has 0 saturated carbocycles. The summed E-state index contributed by atoms with van der Waals surface area (Å²) in [5.41, 5.74) is 5.72. The van der Waals surface area contributed by atoms with Crippen LogP contribution in [0.1, 0.15) is 42.6 Å². The quantitative estimate of drug-likeness (QED) is 0.374. The third kappa shape index (κ3) is 4.21. The Hall–Kier alpha value is -3.91. The lowest BCUT2D eigenvalue weighted by Gasteiger charge is -2.39. The number of nitrogens with one attached hydrogen (secondary N) is 2. The maximum atomic E-state index is 12.9. The SMILES string of the molecule is Cn1ccc2c(-c3cnc(Nc4ccc(N5CCC[C@@H](C(C)(C)O)C5)cc4)c4c3CNC4=O)ccnc21. The van der Waals surface area contributed by atoms with Crippen molar-refractivity contribution in [1.82, 2.24) is 19.9 Å². The highest BCUT2D eigenvalue weighted by molar-refractivity contribution is 6.06. The average Bonchev–Trinajstić information content (AvgIpc) is 3.47. The van der Waals surface area contributed by atoms with Gasteiger partial charge in [-0.15, -0.1) is 0 Å². The number of piperidine rings is 1. The molecule has 6 rings (SSSR count). The minimum atomic E-state index is -0.679. The molecule has 8 nitrogen and oxygen atoms in total. The first-order valence-corrected chi connectivity index (χ1v) is 12.8. The molecule has 3 aromatic heterocycles. The van der Waals surface area contributed by atoms with Crippen molar-refractivity contribution in [2.45, 2.75) is 38.8 Å². The van der Waals surface area contributed by atoms with Crippen molar-refractivity contribution in [1.29, 1.82) is 0 Å². The predicted octanol–water partition coefficient (Wildman–Crippen LogP) is 4.61. The van der Waals surface area contributed by atoms with Gasteiger partial charge in [-0.1, -0.05) is 0 Å². The van der Waals surface area contributed by atoms with Crippen LogP contribution in [-0.2, 0) is 13.6 Å². The van der Waals surface area contributed by atoms with Gasteiger partial charge in [-0.3, -0.25) is 4.79 Å². The van der Waals surface area contributed by atoms with Gasteiger partial charge in [0.2, 0.25) is 0 Å². The van der Waals surface area contributed by atoms with Crippen molar-refractivity contribution >= 4 is 34.1 Å². The summed E-state index contributed by atoms with van der Waals surface area (Å²) in [6.45, 7) is 6.10. The van der Waals surface area contributed by atoms with Crippen molar-refractivity contribution in [3.8, 4) is 11.1 Å². The van der Waals surface area contributed by atoms with E-state index in [2.05, 4.69) is 32.7 Å². The van der Waals surface area contributed by atoms with E-state index >= 15 is 0 Å². The number of nitrogens with zero attached hydrogens (tertiary/aromatic N) is 4. The Morgan fingerprint density at radius 1 is 1.11 bits per heavy atom. The molecule has 1 atom stereocenters. The molecule has 1 saturated heterocycles. The number of aromatic nitrogens is 3. The summed E-state index contributed by atoms with van der Waals surface area (Å²) in [6.07, 6.45) is 7.76. The van der Waals surface area contributed by atoms with Crippen LogP contribution in [0.25, 0.3) is 22.2 Å². The molecule has 5 heterocycles. The molecule has 2 aliphatic rings. The Morgan fingerprint density at radius 3 is 2.70 bits per heavy atom. The van der Waals surface area contributed by atoms with E-state index in [4.69, 9.17) is 4.98 Å². The summed E-state index contributed by atoms with van der Waals surface area (Å²) in [5.74, 6) is 0.688. The molecular weight excluding hydrogens is 464 g/mol. The third-order valence-electron chi connectivity index (χ3n) is 7.81. The standard InChI is InChI=1S/C29H32N6O2/c1-29(2,37)18-5-4-13-35(17-18)20-8-6-19(7-9-20)33-26-25-24(16-32-28(25)36)23(15-31-26)21-10-12-30-27-22(21)11-14-34(27)3/h6-12,14-15,18,37H,4-5,13,16-17H2,1-3H3,(H,31,33)(H,32,36)/t18-/m1/s1. The van der Waals surface area contributed by atoms with Gasteiger partial charge in [0.15, 0.2) is 0 Å². The molecule has 1 aromatic carbocycles. The molecule has 0 bridgehead atoms. The van der Waals surface area contributed by atoms with Crippen molar-refractivity contribution in [2.75, 3.05) is 23.3 Å². The minimum absolute atomic E-state index is 0.118. The zero-order valence-corrected chi connectivity index (χ0v) is 21.5. The lowest BCUT2D eigenvalue weighted by atomic mass is 9.84. The zero-order valence-electron chi connectivity index (χ0n) is 21.5. The topological polar surface area (TPSA) is 95.3 Å². The van der Waals surface area contributed by atoms with Gasteiger partial charge in [-0.25, -0.2) is 9.97 Å². The average molecular weight is 497 g/mol. The first kappa shape index (κ1) is 23.5. The van der Waals surface area contributed by atoms with Gasteiger partial charge >= 0.3 is 0 Å². The van der Waals surface area contributed by atoms with E-state index in [9.17, 15) is 9.90 Å². The molecular formula is C29H32N6O2. The van der Waals surface area contributed by atoms with Crippen LogP contribution in [0.2, 0.25) is 0 Å². The summed E-state index contributed by atoms with van der Waals surface area (Å²) in [4.78, 5) is 24.4. The number of amides is 1. The van der Waals surface area contributed by atoms with Crippen LogP contribution < -0.4 is 15.5 Å². The molecule has 1 fully saturated rings. The van der Waals surface area contributed by atoms with Gasteiger partial charge < -0.3 is 25.2 Å². The maximum Gasteiger partial charge on any atom is 0.255 e. The highest BCUT2D eigenvalue weighted by Crippen LogP contribution is 2.37. The van der Waals surface area contributed by atoms with Crippen LogP contribution in [0.4, 0.5) is 17.2 Å². The van der Waals surface area contributed by atoms with Crippen molar-refractivity contribution in [3.63, 3.8) is 0 Å². The van der Waals surface area contributed by atoms with E-state index < -0.39 is 5.60 Å². The molecule has 190 valence electrons. The highest BCUT2D eigenvalue weighted by atomic mass is 16.3. The van der Waals surface area contributed by atoms with Crippen LogP contribution in [0, 0.1) is 5.92 Å². The smallest absolute Gasteiger partial charge is 0.255 e. The number of carbonyl (C=O) groups is 1. The lowest BCUT2D eigenvalue weighted by molar-refractivity contribution is 0.0110. The molecule has 1 amide bonds. The number of fused-ring (bicyclic) bond motifs is 2. The number of carbonyl (C=O) groups excluding carboxylic acids is 1. The number of hydrogen-bond acceptors (Lipinski definition) is 6. The minimum Gasteiger partial charge on any atom is -0.390 e. The Morgan fingerprint density at radius 2 is 1.92 bits per heavy atom. The van der Waals surface area contributed by atoms with Crippen LogP contribution in [0.15, 0.2) is 55.0 Å². The van der Waals surface area contributed by atoms with E-state index in [0.717, 1.165) is 65.0 Å². The summed E-state index contributed by atoms with van der Waals surface area (Å²) in [7, 11) is 1.97. The van der Waals surface area contributed by atoms with Crippen LogP contribution in [0.3, 0.4) is 0 Å². The molecule has 3 N–H and O–H groups in total. The third-order valence-corrected chi connectivity index (χ3v) is 7.81. The fraction of sp³-hybridized carbons (Fsp3) is 0.345. The largest absolute Gasteiger partial charge is 0.390 e. The van der Waals surface area contributed by atoms with Crippen molar-refractivity contribution in [3.05, 3.63) is 66.1 Å². The monoisotopic (exact) mass is 496 g/mol. The predicted molar refractivity (Wildman–Crippen MR) is 146 cm³/mol. The molecule has 0 aliphatic carbocycles. The summed E-state index contributed by atoms with van der Waals surface area (Å²) >= 11 is 0. The van der Waals surface area contributed by atoms with Crippen LogP contribution >= 0.6 is 0 Å². The number of rotatable bonds is 5. The Labute approximate surface area is 216 Å². The van der Waals surface area contributed by atoms with E-state index in [1.54, 1.807) is 6.20 Å². The summed E-state index contributed by atoms with van der Waals surface area (Å²) in [6, 6.07) is 12.3. The van der Waals surface area contributed by atoms with Crippen molar-refractivity contribution in [2.24, 2.45) is 13.0 Å². The number of anilines is 3. The molecule has 37 heavy (non-hydrogen) atoms. The first-order chi connectivity index (χ1) is 17.8. The molecule has 0 radical (unpaired) electrons. The van der Waals surface area contributed by atoms with E-state index in [1.807, 2.05) is 62.1 Å². The normalized spacial score (nSPS) is 17.7. The fourth-order valence-corrected chi connectivity index (χ4v) is 5.64. The summed E-state index contributed by atoms with van der Waals surface area (Å²) < 4.78 is 1.99. The van der Waals surface area contributed by atoms with E-state index in [-0.39, 0.29) is 11.8 Å². The zero-order chi connectivity index (χ0) is 25.7. The highest BCUT2D eigenvalue weighted by Gasteiger charge is 2.31. The molecule has 4 aromatic rings. The fourth-order valence-electron chi connectivity index (χ4n) is 5.64. The van der Waals surface area contributed by atoms with E-state index in [0.29, 0.717) is 17.9 Å². The molecule has 0 unspecified atom stereocenters. The molecule has 2 aliphatic heterocycles. The number of aliphatic hydroxyl groups is 1. The summed E-state index contributed by atoms with van der Waals surface area (Å²) in [5, 5.41) is 17.9. The van der Waals surface area contributed by atoms with Gasteiger partial charge in [0.25, 0.3) is 5.91 Å². The second-order valence-corrected chi connectivity index (χ2v) is 10.7. The molecule has 0 spiro atoms. The Kier molecular flexibility index (Phi) is 5.64. The van der Waals surface area contributed by atoms with Gasteiger partial charge in [-0.2, -0.15) is 0 Å². The van der Waals surface area contributed by atoms with Crippen molar-refractivity contribution < 1.29 is 9.90 Å². The number of pyridine rings is 2. The van der Waals surface area contributed by atoms with Gasteiger partial charge in [-0.05, 0) is 74.2 Å². The Bertz CT molecular complexity index is 1490.